The molecular formula is C35H30BO. The molecule has 6 rings (SSSR count). The van der Waals surface area contributed by atoms with Gasteiger partial charge in [-0.1, -0.05) is 103 Å². The van der Waals surface area contributed by atoms with Gasteiger partial charge in [0.05, 0.1) is 0 Å². The Morgan fingerprint density at radius 1 is 0.541 bits per heavy atom. The third kappa shape index (κ3) is 4.78. The van der Waals surface area contributed by atoms with Crippen molar-refractivity contribution in [1.82, 2.24) is 0 Å². The Morgan fingerprint density at radius 3 is 1.89 bits per heavy atom. The fourth-order valence-corrected chi connectivity index (χ4v) is 5.24. The summed E-state index contributed by atoms with van der Waals surface area (Å²) in [4.78, 5) is 0. The first-order valence-corrected chi connectivity index (χ1v) is 13.0. The zero-order valence-electron chi connectivity index (χ0n) is 21.7. The highest BCUT2D eigenvalue weighted by Crippen LogP contribution is 2.41. The number of fused-ring (bicyclic) bond motifs is 3. The van der Waals surface area contributed by atoms with E-state index in [1.54, 1.807) is 0 Å². The van der Waals surface area contributed by atoms with Crippen LogP contribution in [0.2, 0.25) is 0 Å². The third-order valence-electron chi connectivity index (χ3n) is 6.99. The van der Waals surface area contributed by atoms with Crippen molar-refractivity contribution in [3.63, 3.8) is 0 Å². The van der Waals surface area contributed by atoms with Crippen LogP contribution in [0.5, 0.6) is 0 Å². The maximum atomic E-state index is 6.25. The van der Waals surface area contributed by atoms with Crippen molar-refractivity contribution in [3.8, 4) is 44.5 Å². The maximum Gasteiger partial charge on any atom is 0.331 e. The van der Waals surface area contributed by atoms with E-state index >= 15 is 0 Å². The van der Waals surface area contributed by atoms with Crippen LogP contribution >= 0.6 is 0 Å². The van der Waals surface area contributed by atoms with Crippen LogP contribution in [0.3, 0.4) is 0 Å². The highest BCUT2D eigenvalue weighted by atomic mass is 16.5. The van der Waals surface area contributed by atoms with Gasteiger partial charge in [0.25, 0.3) is 0 Å². The number of hydrogen-bond donors (Lipinski definition) is 0. The molecule has 0 amide bonds. The van der Waals surface area contributed by atoms with E-state index in [1.165, 1.54) is 55.6 Å². The highest BCUT2D eigenvalue weighted by molar-refractivity contribution is 6.50. The van der Waals surface area contributed by atoms with Gasteiger partial charge in [-0.05, 0) is 100 Å². The standard InChI is InChI=1S/C35H30BO/c1-35(2,3)37-36-33-23-29(24-12-6-4-7-13-24)22-32(34(33)25-14-8-5-9-15-25)28-19-18-27-20-26-16-10-11-17-30(26)31(27)21-28/h4-19,21-23H,20H2,1-3H3. The SMILES string of the molecule is CC(C)(C)O[B]c1cc(-c2ccccc2)cc(-c2ccc3c(c2)-c2ccccc2C3)c1-c1ccccc1. The molecule has 2 heteroatoms. The van der Waals surface area contributed by atoms with Crippen molar-refractivity contribution in [2.45, 2.75) is 32.8 Å². The summed E-state index contributed by atoms with van der Waals surface area (Å²) >= 11 is 0. The molecule has 0 saturated heterocycles. The lowest BCUT2D eigenvalue weighted by atomic mass is 9.75. The van der Waals surface area contributed by atoms with Crippen LogP contribution in [0.25, 0.3) is 44.5 Å². The van der Waals surface area contributed by atoms with Crippen LogP contribution in [0.1, 0.15) is 31.9 Å². The molecular weight excluding hydrogens is 447 g/mol. The third-order valence-corrected chi connectivity index (χ3v) is 6.99. The summed E-state index contributed by atoms with van der Waals surface area (Å²) < 4.78 is 6.25. The first kappa shape index (κ1) is 23.5. The zero-order chi connectivity index (χ0) is 25.4. The molecule has 37 heavy (non-hydrogen) atoms. The predicted molar refractivity (Wildman–Crippen MR) is 157 cm³/mol. The molecule has 1 radical (unpaired) electrons. The van der Waals surface area contributed by atoms with Gasteiger partial charge in [0.2, 0.25) is 0 Å². The van der Waals surface area contributed by atoms with Crippen LogP contribution in [0.4, 0.5) is 0 Å². The molecule has 5 aromatic rings. The van der Waals surface area contributed by atoms with E-state index in [2.05, 4.69) is 136 Å². The molecule has 0 aromatic heterocycles. The van der Waals surface area contributed by atoms with Gasteiger partial charge in [-0.15, -0.1) is 0 Å². The normalized spacial score (nSPS) is 12.2. The molecule has 0 bridgehead atoms. The minimum absolute atomic E-state index is 0.284. The van der Waals surface area contributed by atoms with Gasteiger partial charge in [-0.3, -0.25) is 0 Å². The van der Waals surface area contributed by atoms with E-state index in [0.29, 0.717) is 0 Å². The fourth-order valence-electron chi connectivity index (χ4n) is 5.24. The molecule has 1 nitrogen and oxygen atoms in total. The molecule has 0 unspecified atom stereocenters. The number of benzene rings is 5. The van der Waals surface area contributed by atoms with Crippen LogP contribution in [-0.2, 0) is 11.1 Å². The van der Waals surface area contributed by atoms with Crippen LogP contribution < -0.4 is 5.46 Å². The largest absolute Gasteiger partial charge is 0.430 e. The summed E-state index contributed by atoms with van der Waals surface area (Å²) in [5.41, 5.74) is 13.5. The summed E-state index contributed by atoms with van der Waals surface area (Å²) in [7, 11) is 1.95. The Balaban J connectivity index is 1.60. The van der Waals surface area contributed by atoms with Crippen molar-refractivity contribution in [2.24, 2.45) is 0 Å². The lowest BCUT2D eigenvalue weighted by molar-refractivity contribution is 0.142. The molecule has 0 aliphatic heterocycles. The topological polar surface area (TPSA) is 9.23 Å². The average Bonchev–Trinajstić information content (AvgIpc) is 3.30. The summed E-state index contributed by atoms with van der Waals surface area (Å²) in [6.45, 7) is 6.27. The van der Waals surface area contributed by atoms with Gasteiger partial charge in [-0.25, -0.2) is 0 Å². The predicted octanol–water partition coefficient (Wildman–Crippen LogP) is 8.32. The molecule has 1 aliphatic carbocycles. The molecule has 0 saturated carbocycles. The van der Waals surface area contributed by atoms with Crippen LogP contribution in [-0.4, -0.2) is 13.1 Å². The summed E-state index contributed by atoms with van der Waals surface area (Å²) in [5, 5.41) is 0. The van der Waals surface area contributed by atoms with Gasteiger partial charge in [0.1, 0.15) is 0 Å². The molecule has 0 fully saturated rings. The smallest absolute Gasteiger partial charge is 0.331 e. The quantitative estimate of drug-likeness (QED) is 0.227. The van der Waals surface area contributed by atoms with Crippen molar-refractivity contribution < 1.29 is 4.65 Å². The molecule has 0 N–H and O–H groups in total. The van der Waals surface area contributed by atoms with Crippen molar-refractivity contribution >= 4 is 12.9 Å². The summed E-state index contributed by atoms with van der Waals surface area (Å²) in [5.74, 6) is 0. The zero-order valence-corrected chi connectivity index (χ0v) is 21.7. The Labute approximate surface area is 221 Å². The van der Waals surface area contributed by atoms with E-state index in [1.807, 2.05) is 7.48 Å². The Hall–Kier alpha value is -3.88. The minimum Gasteiger partial charge on any atom is -0.430 e. The second kappa shape index (κ2) is 9.54. The van der Waals surface area contributed by atoms with Gasteiger partial charge < -0.3 is 4.65 Å². The van der Waals surface area contributed by atoms with E-state index in [-0.39, 0.29) is 5.60 Å². The number of rotatable bonds is 5. The fraction of sp³-hybridized carbons (Fsp3) is 0.143. The summed E-state index contributed by atoms with van der Waals surface area (Å²) in [6.07, 6.45) is 1.000. The first-order chi connectivity index (χ1) is 18.0. The van der Waals surface area contributed by atoms with E-state index < -0.39 is 0 Å². The van der Waals surface area contributed by atoms with Crippen molar-refractivity contribution in [3.05, 3.63) is 126 Å². The number of hydrogen-bond acceptors (Lipinski definition) is 1. The monoisotopic (exact) mass is 477 g/mol. The van der Waals surface area contributed by atoms with Crippen LogP contribution in [0, 0.1) is 0 Å². The minimum atomic E-state index is -0.284. The van der Waals surface area contributed by atoms with Gasteiger partial charge in [-0.2, -0.15) is 0 Å². The molecule has 0 atom stereocenters. The highest BCUT2D eigenvalue weighted by Gasteiger charge is 2.22. The first-order valence-electron chi connectivity index (χ1n) is 13.0. The Morgan fingerprint density at radius 2 is 1.16 bits per heavy atom. The lowest BCUT2D eigenvalue weighted by Gasteiger charge is -2.23. The summed E-state index contributed by atoms with van der Waals surface area (Å²) in [6, 6.07) is 41.6. The molecule has 0 spiro atoms. The molecule has 1 aliphatic rings. The van der Waals surface area contributed by atoms with Crippen molar-refractivity contribution in [2.75, 3.05) is 0 Å². The second-order valence-electron chi connectivity index (χ2n) is 10.8. The lowest BCUT2D eigenvalue weighted by Crippen LogP contribution is -2.30. The van der Waals surface area contributed by atoms with E-state index in [4.69, 9.17) is 4.65 Å². The second-order valence-corrected chi connectivity index (χ2v) is 10.8. The molecule has 5 aromatic carbocycles. The molecule has 179 valence electrons. The Bertz CT molecular complexity index is 1560. The van der Waals surface area contributed by atoms with E-state index in [0.717, 1.165) is 11.9 Å². The Kier molecular flexibility index (Phi) is 6.06. The van der Waals surface area contributed by atoms with Crippen LogP contribution in [0.15, 0.2) is 115 Å². The average molecular weight is 477 g/mol. The molecule has 0 heterocycles. The van der Waals surface area contributed by atoms with E-state index in [9.17, 15) is 0 Å². The van der Waals surface area contributed by atoms with Crippen molar-refractivity contribution in [1.29, 1.82) is 0 Å². The maximum absolute atomic E-state index is 6.25. The van der Waals surface area contributed by atoms with Gasteiger partial charge in [0.15, 0.2) is 0 Å². The van der Waals surface area contributed by atoms with Gasteiger partial charge >= 0.3 is 7.48 Å². The van der Waals surface area contributed by atoms with Gasteiger partial charge in [0, 0.05) is 5.60 Å².